The first-order valence-electron chi connectivity index (χ1n) is 5.21. The van der Waals surface area contributed by atoms with E-state index in [1.54, 1.807) is 0 Å². The third kappa shape index (κ3) is 3.74. The maximum absolute atomic E-state index is 13.0. The summed E-state index contributed by atoms with van der Waals surface area (Å²) in [5.41, 5.74) is 0. The van der Waals surface area contributed by atoms with E-state index >= 15 is 0 Å². The Morgan fingerprint density at radius 3 is 1.11 bits per heavy atom. The smallest absolute Gasteiger partial charge is 0.281 e. The van der Waals surface area contributed by atoms with Gasteiger partial charge in [-0.3, -0.25) is 4.55 Å². The van der Waals surface area contributed by atoms with Gasteiger partial charge in [-0.2, -0.15) is 61.1 Å². The molecule has 164 valence electrons. The highest BCUT2D eigenvalue weighted by atomic mass is 32.2. The van der Waals surface area contributed by atoms with E-state index in [4.69, 9.17) is 4.55 Å². The third-order valence-corrected chi connectivity index (χ3v) is 3.39. The predicted molar refractivity (Wildman–Crippen MR) is 48.4 cm³/mol. The second-order valence-electron chi connectivity index (χ2n) is 4.35. The first-order valence-corrected chi connectivity index (χ1v) is 6.65. The highest BCUT2D eigenvalue weighted by Gasteiger charge is 2.93. The highest BCUT2D eigenvalue weighted by molar-refractivity contribution is 7.87. The van der Waals surface area contributed by atoms with E-state index in [-0.39, 0.29) is 0 Å². The number of ether oxygens (including phenoxy) is 1. The number of hydrogen-bond donors (Lipinski definition) is 1. The van der Waals surface area contributed by atoms with Crippen LogP contribution in [-0.2, 0) is 14.9 Å². The monoisotopic (exact) mass is 466 g/mol. The van der Waals surface area contributed by atoms with Gasteiger partial charge in [-0.1, -0.05) is 0 Å². The van der Waals surface area contributed by atoms with E-state index in [2.05, 4.69) is 0 Å². The average molecular weight is 466 g/mol. The zero-order valence-electron chi connectivity index (χ0n) is 11.2. The Morgan fingerprint density at radius 1 is 0.556 bits per heavy atom. The molecule has 0 atom stereocenters. The second-order valence-corrected chi connectivity index (χ2v) is 5.82. The molecule has 20 heteroatoms. The van der Waals surface area contributed by atoms with Crippen molar-refractivity contribution < 1.29 is 83.6 Å². The third-order valence-electron chi connectivity index (χ3n) is 2.48. The van der Waals surface area contributed by atoms with E-state index in [1.165, 1.54) is 0 Å². The van der Waals surface area contributed by atoms with Crippen LogP contribution in [0.2, 0.25) is 0 Å². The van der Waals surface area contributed by atoms with Gasteiger partial charge >= 0.3 is 51.5 Å². The van der Waals surface area contributed by atoms with Crippen LogP contribution in [0.25, 0.3) is 0 Å². The summed E-state index contributed by atoms with van der Waals surface area (Å²) in [5, 5.41) is -7.68. The van der Waals surface area contributed by atoms with Crippen LogP contribution in [0.1, 0.15) is 0 Å². The Labute approximate surface area is 136 Å². The van der Waals surface area contributed by atoms with Crippen LogP contribution < -0.4 is 0 Å². The Morgan fingerprint density at radius 2 is 0.852 bits per heavy atom. The maximum atomic E-state index is 13.0. The predicted octanol–water partition coefficient (Wildman–Crippen LogP) is 4.14. The second kappa shape index (κ2) is 6.16. The van der Waals surface area contributed by atoms with E-state index in [1.807, 2.05) is 0 Å². The fourth-order valence-corrected chi connectivity index (χ4v) is 1.58. The molecule has 0 spiro atoms. The summed E-state index contributed by atoms with van der Waals surface area (Å²) in [7, 11) is -7.75. The summed E-state index contributed by atoms with van der Waals surface area (Å²) in [5.74, 6) is -33.5. The molecule has 0 saturated heterocycles. The molecule has 0 rings (SSSR count). The molecule has 0 aromatic carbocycles. The lowest BCUT2D eigenvalue weighted by Gasteiger charge is -2.40. The van der Waals surface area contributed by atoms with Crippen molar-refractivity contribution in [2.75, 3.05) is 0 Å². The molecule has 27 heavy (non-hydrogen) atoms. The van der Waals surface area contributed by atoms with Gasteiger partial charge in [-0.25, -0.2) is 4.74 Å². The lowest BCUT2D eigenvalue weighted by atomic mass is 9.97. The average Bonchev–Trinajstić information content (AvgIpc) is 2.33. The summed E-state index contributed by atoms with van der Waals surface area (Å²) in [6.07, 6.45) is -14.7. The van der Waals surface area contributed by atoms with E-state index in [9.17, 15) is 74.3 Å². The molecule has 0 fully saturated rings. The SMILES string of the molecule is O=S(=O)(O)C(F)(F)C(F)(F)C(F)(F)C(F)(F)C(F)(F)C(F)(F)OC(F)(F)F. The Bertz CT molecular complexity index is 662. The maximum Gasteiger partial charge on any atom is 0.527 e. The molecule has 0 amide bonds. The minimum Gasteiger partial charge on any atom is -0.281 e. The van der Waals surface area contributed by atoms with Crippen molar-refractivity contribution >= 4 is 10.1 Å². The van der Waals surface area contributed by atoms with Crippen molar-refractivity contribution in [3.8, 4) is 0 Å². The van der Waals surface area contributed by atoms with E-state index in [0.29, 0.717) is 0 Å². The summed E-state index contributed by atoms with van der Waals surface area (Å²) >= 11 is 0. The number of halogens is 15. The molecule has 4 nitrogen and oxygen atoms in total. The van der Waals surface area contributed by atoms with Crippen LogP contribution in [0.3, 0.4) is 0 Å². The van der Waals surface area contributed by atoms with Gasteiger partial charge in [-0.15, -0.1) is 13.2 Å². The fourth-order valence-electron chi connectivity index (χ4n) is 1.13. The van der Waals surface area contributed by atoms with E-state index in [0.717, 1.165) is 4.74 Å². The van der Waals surface area contributed by atoms with Crippen LogP contribution in [0, 0.1) is 0 Å². The fraction of sp³-hybridized carbons (Fsp3) is 1.00. The normalized spacial score (nSPS) is 16.6. The van der Waals surface area contributed by atoms with Crippen molar-refractivity contribution in [3.63, 3.8) is 0 Å². The summed E-state index contributed by atoms with van der Waals surface area (Å²) in [6.45, 7) is 0. The standard InChI is InChI=1S/C7HF15O4S/c8-1(9,3(12,13)5(16,17)26-7(20,21)22)2(10,11)4(14,15)6(18,19)27(23,24)25/h(H,23,24,25). The van der Waals surface area contributed by atoms with Gasteiger partial charge in [0.2, 0.25) is 0 Å². The molecule has 1 N–H and O–H groups in total. The van der Waals surface area contributed by atoms with Gasteiger partial charge in [-0.05, 0) is 0 Å². The summed E-state index contributed by atoms with van der Waals surface area (Å²) in [4.78, 5) is 0. The van der Waals surface area contributed by atoms with Gasteiger partial charge < -0.3 is 0 Å². The van der Waals surface area contributed by atoms with Gasteiger partial charge in [0.05, 0.1) is 0 Å². The molecule has 0 aliphatic heterocycles. The highest BCUT2D eigenvalue weighted by Crippen LogP contribution is 2.61. The Kier molecular flexibility index (Phi) is 5.89. The molecular formula is C7HF15O4S. The molecule has 0 heterocycles. The molecule has 0 aromatic heterocycles. The van der Waals surface area contributed by atoms with E-state index < -0.39 is 51.5 Å². The minimum atomic E-state index is -8.49. The molecule has 0 aliphatic rings. The van der Waals surface area contributed by atoms with Crippen molar-refractivity contribution in [1.82, 2.24) is 0 Å². The topological polar surface area (TPSA) is 63.6 Å². The van der Waals surface area contributed by atoms with Crippen molar-refractivity contribution in [2.24, 2.45) is 0 Å². The van der Waals surface area contributed by atoms with Crippen molar-refractivity contribution in [1.29, 1.82) is 0 Å². The zero-order chi connectivity index (χ0) is 22.7. The van der Waals surface area contributed by atoms with Crippen LogP contribution in [-0.4, -0.2) is 54.4 Å². The largest absolute Gasteiger partial charge is 0.527 e. The van der Waals surface area contributed by atoms with Crippen molar-refractivity contribution in [3.05, 3.63) is 0 Å². The summed E-state index contributed by atoms with van der Waals surface area (Å²) in [6, 6.07) is 0. The van der Waals surface area contributed by atoms with Crippen LogP contribution in [0.5, 0.6) is 0 Å². The molecule has 0 aromatic rings. The lowest BCUT2D eigenvalue weighted by molar-refractivity contribution is -0.504. The lowest BCUT2D eigenvalue weighted by Crippen LogP contribution is -2.72. The molecule has 0 saturated carbocycles. The number of rotatable bonds is 7. The molecule has 0 radical (unpaired) electrons. The zero-order valence-corrected chi connectivity index (χ0v) is 12.1. The van der Waals surface area contributed by atoms with Crippen LogP contribution >= 0.6 is 0 Å². The first-order chi connectivity index (χ1) is 11.2. The summed E-state index contributed by atoms with van der Waals surface area (Å²) < 4.78 is 217. The van der Waals surface area contributed by atoms with Gasteiger partial charge in [0.25, 0.3) is 0 Å². The van der Waals surface area contributed by atoms with Crippen molar-refractivity contribution in [2.45, 2.75) is 41.4 Å². The van der Waals surface area contributed by atoms with Crippen LogP contribution in [0.4, 0.5) is 65.9 Å². The Balaban J connectivity index is 6.56. The molecule has 0 aliphatic carbocycles. The van der Waals surface area contributed by atoms with Gasteiger partial charge in [0.15, 0.2) is 0 Å². The van der Waals surface area contributed by atoms with Gasteiger partial charge in [0, 0.05) is 0 Å². The minimum absolute atomic E-state index is 1.14. The number of alkyl halides is 15. The molecule has 0 unspecified atom stereocenters. The van der Waals surface area contributed by atoms with Gasteiger partial charge in [0.1, 0.15) is 0 Å². The Hall–Kier alpha value is -1.18. The molecule has 0 bridgehead atoms. The number of hydrogen-bond acceptors (Lipinski definition) is 3. The van der Waals surface area contributed by atoms with Crippen LogP contribution in [0.15, 0.2) is 0 Å². The molecular weight excluding hydrogens is 465 g/mol. The quantitative estimate of drug-likeness (QED) is 0.453. The first kappa shape index (κ1) is 25.8.